The van der Waals surface area contributed by atoms with Gasteiger partial charge in [-0.1, -0.05) is 6.07 Å². The van der Waals surface area contributed by atoms with Crippen LogP contribution in [0.2, 0.25) is 0 Å². The van der Waals surface area contributed by atoms with Gasteiger partial charge in [-0.05, 0) is 38.3 Å². The lowest BCUT2D eigenvalue weighted by Gasteiger charge is -2.34. The molecule has 7 heteroatoms. The molecule has 2 aromatic heterocycles. The molecule has 0 bridgehead atoms. The maximum atomic E-state index is 11.8. The zero-order valence-corrected chi connectivity index (χ0v) is 17.1. The summed E-state index contributed by atoms with van der Waals surface area (Å²) in [6.07, 6.45) is 6.75. The summed E-state index contributed by atoms with van der Waals surface area (Å²) in [5.41, 5.74) is 3.15. The minimum atomic E-state index is -0.128. The lowest BCUT2D eigenvalue weighted by atomic mass is 10.0. The quantitative estimate of drug-likeness (QED) is 0.697. The first-order valence-electron chi connectivity index (χ1n) is 10.7. The van der Waals surface area contributed by atoms with Gasteiger partial charge in [-0.3, -0.25) is 14.7 Å². The molecule has 4 rings (SSSR count). The fraction of sp³-hybridized carbons (Fsp3) is 0.545. The third kappa shape index (κ3) is 4.72. The molecule has 0 unspecified atom stereocenters. The van der Waals surface area contributed by atoms with Crippen molar-refractivity contribution in [1.29, 1.82) is 0 Å². The molecule has 0 amide bonds. The summed E-state index contributed by atoms with van der Waals surface area (Å²) in [4.78, 5) is 30.8. The van der Waals surface area contributed by atoms with E-state index in [1.54, 1.807) is 6.20 Å². The van der Waals surface area contributed by atoms with Crippen molar-refractivity contribution in [2.75, 3.05) is 37.7 Å². The SMILES string of the molecule is CCOC(=O)CCN1CCc2nc(-c3ccccn3)nc(N3CCCCC3)c2C1. The third-order valence-corrected chi connectivity index (χ3v) is 5.60. The van der Waals surface area contributed by atoms with Gasteiger partial charge in [0.05, 0.1) is 18.7 Å². The molecule has 0 radical (unpaired) electrons. The van der Waals surface area contributed by atoms with E-state index in [2.05, 4.69) is 14.8 Å². The van der Waals surface area contributed by atoms with Gasteiger partial charge in [0.25, 0.3) is 0 Å². The molecule has 0 atom stereocenters. The molecule has 154 valence electrons. The fourth-order valence-electron chi connectivity index (χ4n) is 4.10. The zero-order valence-electron chi connectivity index (χ0n) is 17.1. The van der Waals surface area contributed by atoms with Crippen molar-refractivity contribution in [3.05, 3.63) is 35.7 Å². The van der Waals surface area contributed by atoms with Crippen LogP contribution in [0.25, 0.3) is 11.5 Å². The highest BCUT2D eigenvalue weighted by molar-refractivity contribution is 5.69. The average molecular weight is 396 g/mol. The Morgan fingerprint density at radius 1 is 1.14 bits per heavy atom. The summed E-state index contributed by atoms with van der Waals surface area (Å²) in [6.45, 7) is 6.73. The summed E-state index contributed by atoms with van der Waals surface area (Å²) < 4.78 is 5.08. The summed E-state index contributed by atoms with van der Waals surface area (Å²) in [5, 5.41) is 0. The molecule has 0 aliphatic carbocycles. The lowest BCUT2D eigenvalue weighted by Crippen LogP contribution is -2.37. The highest BCUT2D eigenvalue weighted by Gasteiger charge is 2.26. The van der Waals surface area contributed by atoms with Gasteiger partial charge in [-0.25, -0.2) is 9.97 Å². The number of aromatic nitrogens is 3. The second-order valence-electron chi connectivity index (χ2n) is 7.64. The number of anilines is 1. The van der Waals surface area contributed by atoms with Gasteiger partial charge < -0.3 is 9.64 Å². The van der Waals surface area contributed by atoms with Crippen LogP contribution in [0, 0.1) is 0 Å². The van der Waals surface area contributed by atoms with Crippen molar-refractivity contribution in [3.8, 4) is 11.5 Å². The normalized spacial score (nSPS) is 17.1. The molecular formula is C22H29N5O2. The van der Waals surface area contributed by atoms with E-state index in [4.69, 9.17) is 14.7 Å². The van der Waals surface area contributed by atoms with Gasteiger partial charge in [0.1, 0.15) is 11.5 Å². The van der Waals surface area contributed by atoms with Crippen LogP contribution in [0.5, 0.6) is 0 Å². The van der Waals surface area contributed by atoms with Gasteiger partial charge in [0, 0.05) is 50.9 Å². The van der Waals surface area contributed by atoms with Crippen molar-refractivity contribution in [2.24, 2.45) is 0 Å². The topological polar surface area (TPSA) is 71.5 Å². The highest BCUT2D eigenvalue weighted by atomic mass is 16.5. The Balaban J connectivity index is 1.61. The first-order chi connectivity index (χ1) is 14.2. The molecule has 0 saturated carbocycles. The van der Waals surface area contributed by atoms with Gasteiger partial charge in [0.2, 0.25) is 0 Å². The van der Waals surface area contributed by atoms with E-state index in [9.17, 15) is 4.79 Å². The van der Waals surface area contributed by atoms with Crippen LogP contribution in [-0.2, 0) is 22.5 Å². The second-order valence-corrected chi connectivity index (χ2v) is 7.64. The van der Waals surface area contributed by atoms with Crippen LogP contribution in [-0.4, -0.2) is 58.6 Å². The predicted molar refractivity (Wildman–Crippen MR) is 112 cm³/mol. The summed E-state index contributed by atoms with van der Waals surface area (Å²) in [5.74, 6) is 1.64. The number of carbonyl (C=O) groups is 1. The number of fused-ring (bicyclic) bond motifs is 1. The van der Waals surface area contributed by atoms with Crippen LogP contribution in [0.4, 0.5) is 5.82 Å². The monoisotopic (exact) mass is 395 g/mol. The molecule has 29 heavy (non-hydrogen) atoms. The predicted octanol–water partition coefficient (Wildman–Crippen LogP) is 2.84. The number of carbonyl (C=O) groups excluding carboxylic acids is 1. The van der Waals surface area contributed by atoms with E-state index < -0.39 is 0 Å². The highest BCUT2D eigenvalue weighted by Crippen LogP contribution is 2.30. The first kappa shape index (κ1) is 19.8. The largest absolute Gasteiger partial charge is 0.466 e. The summed E-state index contributed by atoms with van der Waals surface area (Å²) >= 11 is 0. The molecule has 2 aliphatic rings. The zero-order chi connectivity index (χ0) is 20.1. The van der Waals surface area contributed by atoms with Crippen molar-refractivity contribution in [3.63, 3.8) is 0 Å². The Labute approximate surface area is 172 Å². The molecule has 1 fully saturated rings. The number of pyridine rings is 1. The molecule has 0 spiro atoms. The number of rotatable bonds is 6. The number of hydrogen-bond acceptors (Lipinski definition) is 7. The summed E-state index contributed by atoms with van der Waals surface area (Å²) in [6, 6.07) is 5.86. The summed E-state index contributed by atoms with van der Waals surface area (Å²) in [7, 11) is 0. The van der Waals surface area contributed by atoms with Gasteiger partial charge in [0.15, 0.2) is 5.82 Å². The van der Waals surface area contributed by atoms with E-state index in [1.807, 2.05) is 25.1 Å². The van der Waals surface area contributed by atoms with Crippen molar-refractivity contribution >= 4 is 11.8 Å². The Morgan fingerprint density at radius 2 is 2.00 bits per heavy atom. The van der Waals surface area contributed by atoms with Crippen LogP contribution in [0.3, 0.4) is 0 Å². The minimum Gasteiger partial charge on any atom is -0.466 e. The second kappa shape index (κ2) is 9.31. The third-order valence-electron chi connectivity index (χ3n) is 5.60. The van der Waals surface area contributed by atoms with Crippen LogP contribution >= 0.6 is 0 Å². The van der Waals surface area contributed by atoms with E-state index in [0.717, 1.165) is 49.8 Å². The maximum absolute atomic E-state index is 11.8. The molecule has 2 aromatic rings. The van der Waals surface area contributed by atoms with Crippen molar-refractivity contribution in [2.45, 2.75) is 45.6 Å². The Bertz CT molecular complexity index is 837. The number of ether oxygens (including phenoxy) is 1. The van der Waals surface area contributed by atoms with Gasteiger partial charge in [-0.2, -0.15) is 0 Å². The standard InChI is InChI=1S/C22H29N5O2/c1-2-29-20(28)10-15-26-14-9-18-17(16-26)22(27-12-6-3-7-13-27)25-21(24-18)19-8-4-5-11-23-19/h4-5,8,11H,2-3,6-7,9-10,12-16H2,1H3. The van der Waals surface area contributed by atoms with Gasteiger partial charge in [-0.15, -0.1) is 0 Å². The molecular weight excluding hydrogens is 366 g/mol. The van der Waals surface area contributed by atoms with Crippen LogP contribution in [0.15, 0.2) is 24.4 Å². The molecule has 4 heterocycles. The molecule has 7 nitrogen and oxygen atoms in total. The number of nitrogens with zero attached hydrogens (tertiary/aromatic N) is 5. The van der Waals surface area contributed by atoms with Crippen molar-refractivity contribution in [1.82, 2.24) is 19.9 Å². The lowest BCUT2D eigenvalue weighted by molar-refractivity contribution is -0.143. The minimum absolute atomic E-state index is 0.128. The van der Waals surface area contributed by atoms with E-state index in [0.29, 0.717) is 25.4 Å². The number of esters is 1. The molecule has 2 aliphatic heterocycles. The average Bonchev–Trinajstić information content (AvgIpc) is 2.78. The molecule has 0 aromatic carbocycles. The Kier molecular flexibility index (Phi) is 6.34. The van der Waals surface area contributed by atoms with Gasteiger partial charge >= 0.3 is 5.97 Å². The van der Waals surface area contributed by atoms with Crippen LogP contribution in [0.1, 0.15) is 43.9 Å². The van der Waals surface area contributed by atoms with E-state index in [1.165, 1.54) is 24.8 Å². The smallest absolute Gasteiger partial charge is 0.307 e. The molecule has 0 N–H and O–H groups in total. The Hall–Kier alpha value is -2.54. The maximum Gasteiger partial charge on any atom is 0.307 e. The fourth-order valence-corrected chi connectivity index (χ4v) is 4.10. The van der Waals surface area contributed by atoms with Crippen molar-refractivity contribution < 1.29 is 9.53 Å². The number of hydrogen-bond donors (Lipinski definition) is 0. The first-order valence-corrected chi connectivity index (χ1v) is 10.7. The Morgan fingerprint density at radius 3 is 2.76 bits per heavy atom. The van der Waals surface area contributed by atoms with Crippen LogP contribution < -0.4 is 4.90 Å². The van der Waals surface area contributed by atoms with E-state index >= 15 is 0 Å². The molecule has 1 saturated heterocycles. The number of piperidine rings is 1. The van der Waals surface area contributed by atoms with E-state index in [-0.39, 0.29) is 5.97 Å².